The molecule has 4 heteroatoms. The van der Waals surface area contributed by atoms with Gasteiger partial charge in [-0.15, -0.1) is 0 Å². The van der Waals surface area contributed by atoms with Crippen LogP contribution in [-0.4, -0.2) is 30.3 Å². The third-order valence-electron chi connectivity index (χ3n) is 4.39. The van der Waals surface area contributed by atoms with Crippen molar-refractivity contribution >= 4 is 6.09 Å². The monoisotopic (exact) mass is 326 g/mol. The highest BCUT2D eigenvalue weighted by atomic mass is 16.6. The predicted molar refractivity (Wildman–Crippen MR) is 96.7 cm³/mol. The summed E-state index contributed by atoms with van der Waals surface area (Å²) in [6, 6.07) is 0.865. The van der Waals surface area contributed by atoms with E-state index in [1.807, 2.05) is 20.8 Å². The van der Waals surface area contributed by atoms with Crippen molar-refractivity contribution in [2.75, 3.05) is 6.54 Å². The number of hydrogen-bond acceptors (Lipinski definition) is 3. The Bertz CT molecular complexity index is 374. The van der Waals surface area contributed by atoms with Gasteiger partial charge in [-0.1, -0.05) is 34.1 Å². The lowest BCUT2D eigenvalue weighted by Crippen LogP contribution is -2.49. The fourth-order valence-corrected chi connectivity index (χ4v) is 3.92. The van der Waals surface area contributed by atoms with Gasteiger partial charge in [-0.25, -0.2) is 4.79 Å². The lowest BCUT2D eigenvalue weighted by Gasteiger charge is -2.41. The summed E-state index contributed by atoms with van der Waals surface area (Å²) in [5.74, 6) is 0.761. The average Bonchev–Trinajstić information content (AvgIpc) is 2.31. The molecule has 0 saturated heterocycles. The maximum absolute atomic E-state index is 11.9. The van der Waals surface area contributed by atoms with Gasteiger partial charge in [0.05, 0.1) is 0 Å². The first-order chi connectivity index (χ1) is 10.5. The Balaban J connectivity index is 2.50. The standard InChI is InChI=1S/C19H38N2O2/c1-8-9-15(13-20-17(22)23-18(3,4)5)21-16-10-14(2)11-19(6,7)12-16/h14-16,21H,8-13H2,1-7H3,(H,20,22). The van der Waals surface area contributed by atoms with E-state index >= 15 is 0 Å². The molecule has 23 heavy (non-hydrogen) atoms. The molecule has 1 saturated carbocycles. The summed E-state index contributed by atoms with van der Waals surface area (Å²) >= 11 is 0. The second-order valence-electron chi connectivity index (χ2n) is 9.15. The smallest absolute Gasteiger partial charge is 0.407 e. The summed E-state index contributed by atoms with van der Waals surface area (Å²) < 4.78 is 5.33. The van der Waals surface area contributed by atoms with E-state index in [2.05, 4.69) is 38.3 Å². The molecule has 1 amide bonds. The summed E-state index contributed by atoms with van der Waals surface area (Å²) in [4.78, 5) is 11.9. The highest BCUT2D eigenvalue weighted by Gasteiger charge is 2.32. The topological polar surface area (TPSA) is 50.4 Å². The van der Waals surface area contributed by atoms with Crippen molar-refractivity contribution in [1.82, 2.24) is 10.6 Å². The van der Waals surface area contributed by atoms with E-state index in [1.54, 1.807) is 0 Å². The fraction of sp³-hybridized carbons (Fsp3) is 0.947. The van der Waals surface area contributed by atoms with Crippen molar-refractivity contribution in [3.05, 3.63) is 0 Å². The quantitative estimate of drug-likeness (QED) is 0.756. The van der Waals surface area contributed by atoms with Crippen LogP contribution in [0.25, 0.3) is 0 Å². The SMILES string of the molecule is CCCC(CNC(=O)OC(C)(C)C)NC1CC(C)CC(C)(C)C1. The second kappa shape index (κ2) is 8.36. The lowest BCUT2D eigenvalue weighted by molar-refractivity contribution is 0.0517. The zero-order valence-electron chi connectivity index (χ0n) is 16.3. The van der Waals surface area contributed by atoms with E-state index in [1.165, 1.54) is 19.3 Å². The van der Waals surface area contributed by atoms with Crippen LogP contribution in [0.4, 0.5) is 4.79 Å². The van der Waals surface area contributed by atoms with E-state index in [0.29, 0.717) is 24.0 Å². The van der Waals surface area contributed by atoms with Gasteiger partial charge < -0.3 is 15.4 Å². The van der Waals surface area contributed by atoms with Crippen molar-refractivity contribution in [3.8, 4) is 0 Å². The molecule has 0 spiro atoms. The molecule has 136 valence electrons. The Morgan fingerprint density at radius 1 is 1.30 bits per heavy atom. The van der Waals surface area contributed by atoms with Crippen LogP contribution in [0, 0.1) is 11.3 Å². The van der Waals surface area contributed by atoms with Crippen LogP contribution in [0.15, 0.2) is 0 Å². The first-order valence-corrected chi connectivity index (χ1v) is 9.23. The van der Waals surface area contributed by atoms with Gasteiger partial charge in [0, 0.05) is 18.6 Å². The maximum Gasteiger partial charge on any atom is 0.407 e. The molecule has 0 aliphatic heterocycles. The van der Waals surface area contributed by atoms with Crippen LogP contribution in [0.3, 0.4) is 0 Å². The van der Waals surface area contributed by atoms with Gasteiger partial charge >= 0.3 is 6.09 Å². The van der Waals surface area contributed by atoms with Gasteiger partial charge in [0.2, 0.25) is 0 Å². The van der Waals surface area contributed by atoms with Crippen LogP contribution in [-0.2, 0) is 4.74 Å². The summed E-state index contributed by atoms with van der Waals surface area (Å²) in [6.07, 6.45) is 5.61. The van der Waals surface area contributed by atoms with Gasteiger partial charge in [0.25, 0.3) is 0 Å². The largest absolute Gasteiger partial charge is 0.444 e. The third-order valence-corrected chi connectivity index (χ3v) is 4.39. The maximum atomic E-state index is 11.9. The van der Waals surface area contributed by atoms with Crippen LogP contribution in [0.5, 0.6) is 0 Å². The lowest BCUT2D eigenvalue weighted by atomic mass is 9.70. The minimum atomic E-state index is -0.444. The van der Waals surface area contributed by atoms with E-state index in [4.69, 9.17) is 4.74 Å². The number of alkyl carbamates (subject to hydrolysis) is 1. The highest BCUT2D eigenvalue weighted by molar-refractivity contribution is 5.67. The molecule has 3 unspecified atom stereocenters. The molecule has 0 aromatic rings. The number of amides is 1. The minimum Gasteiger partial charge on any atom is -0.444 e. The molecule has 3 atom stereocenters. The molecule has 1 aliphatic rings. The minimum absolute atomic E-state index is 0.318. The number of carbonyl (C=O) groups is 1. The molecule has 0 aromatic heterocycles. The molecule has 1 aliphatic carbocycles. The first kappa shape index (κ1) is 20.3. The van der Waals surface area contributed by atoms with Crippen LogP contribution in [0.1, 0.15) is 80.6 Å². The number of nitrogens with one attached hydrogen (secondary N) is 2. The molecule has 2 N–H and O–H groups in total. The summed E-state index contributed by atoms with van der Waals surface area (Å²) in [5.41, 5.74) is -0.0364. The average molecular weight is 327 g/mol. The summed E-state index contributed by atoms with van der Waals surface area (Å²) in [6.45, 7) is 15.6. The fourth-order valence-electron chi connectivity index (χ4n) is 3.92. The molecule has 0 bridgehead atoms. The van der Waals surface area contributed by atoms with E-state index < -0.39 is 5.60 Å². The molecule has 4 nitrogen and oxygen atoms in total. The van der Waals surface area contributed by atoms with Crippen molar-refractivity contribution in [2.45, 2.75) is 98.3 Å². The van der Waals surface area contributed by atoms with Crippen LogP contribution < -0.4 is 10.6 Å². The molecular formula is C19H38N2O2. The second-order valence-corrected chi connectivity index (χ2v) is 9.15. The number of rotatable bonds is 6. The Kier molecular flexibility index (Phi) is 7.37. The molecule has 0 radical (unpaired) electrons. The van der Waals surface area contributed by atoms with Gasteiger partial charge in [-0.3, -0.25) is 0 Å². The van der Waals surface area contributed by atoms with Crippen molar-refractivity contribution in [1.29, 1.82) is 0 Å². The van der Waals surface area contributed by atoms with Crippen LogP contribution in [0.2, 0.25) is 0 Å². The highest BCUT2D eigenvalue weighted by Crippen LogP contribution is 2.38. The van der Waals surface area contributed by atoms with Gasteiger partial charge in [0.15, 0.2) is 0 Å². The van der Waals surface area contributed by atoms with Crippen LogP contribution >= 0.6 is 0 Å². The van der Waals surface area contributed by atoms with Crippen molar-refractivity contribution in [3.63, 3.8) is 0 Å². The van der Waals surface area contributed by atoms with E-state index in [-0.39, 0.29) is 6.09 Å². The van der Waals surface area contributed by atoms with Crippen molar-refractivity contribution < 1.29 is 9.53 Å². The Morgan fingerprint density at radius 2 is 1.96 bits per heavy atom. The Morgan fingerprint density at radius 3 is 2.48 bits per heavy atom. The zero-order chi connectivity index (χ0) is 17.7. The zero-order valence-corrected chi connectivity index (χ0v) is 16.3. The van der Waals surface area contributed by atoms with Gasteiger partial charge in [-0.2, -0.15) is 0 Å². The number of ether oxygens (including phenoxy) is 1. The molecule has 1 fully saturated rings. The summed E-state index contributed by atoms with van der Waals surface area (Å²) in [7, 11) is 0. The number of carbonyl (C=O) groups excluding carboxylic acids is 1. The van der Waals surface area contributed by atoms with Crippen molar-refractivity contribution in [2.24, 2.45) is 11.3 Å². The molecule has 0 heterocycles. The third kappa shape index (κ3) is 8.59. The Hall–Kier alpha value is -0.770. The van der Waals surface area contributed by atoms with Gasteiger partial charge in [0.1, 0.15) is 5.60 Å². The first-order valence-electron chi connectivity index (χ1n) is 9.23. The normalized spacial score (nSPS) is 25.7. The molecular weight excluding hydrogens is 288 g/mol. The Labute approximate surface area is 143 Å². The van der Waals surface area contributed by atoms with E-state index in [9.17, 15) is 4.79 Å². The predicted octanol–water partition coefficient (Wildman–Crippen LogP) is 4.48. The summed E-state index contributed by atoms with van der Waals surface area (Å²) in [5, 5.41) is 6.71. The van der Waals surface area contributed by atoms with E-state index in [0.717, 1.165) is 18.8 Å². The number of hydrogen-bond donors (Lipinski definition) is 2. The van der Waals surface area contributed by atoms with Gasteiger partial charge in [-0.05, 0) is 57.8 Å². The molecule has 1 rings (SSSR count). The molecule has 0 aromatic carbocycles.